The summed E-state index contributed by atoms with van der Waals surface area (Å²) in [6.07, 6.45) is 7.82. The zero-order valence-electron chi connectivity index (χ0n) is 17.7. The van der Waals surface area contributed by atoms with Crippen LogP contribution in [0.15, 0.2) is 18.2 Å². The molecule has 0 aliphatic rings. The van der Waals surface area contributed by atoms with Crippen LogP contribution in [0.3, 0.4) is 0 Å². The molecule has 4 heteroatoms. The van der Waals surface area contributed by atoms with Gasteiger partial charge in [0.2, 0.25) is 0 Å². The molecule has 0 bridgehead atoms. The van der Waals surface area contributed by atoms with Gasteiger partial charge in [-0.15, -0.1) is 0 Å². The highest BCUT2D eigenvalue weighted by Gasteiger charge is 2.17. The molecule has 0 spiro atoms. The second-order valence-electron chi connectivity index (χ2n) is 9.07. The van der Waals surface area contributed by atoms with Gasteiger partial charge in [-0.1, -0.05) is 50.8 Å². The summed E-state index contributed by atoms with van der Waals surface area (Å²) in [7, 11) is -2.98. The molecule has 0 fully saturated rings. The van der Waals surface area contributed by atoms with E-state index in [4.69, 9.17) is 8.85 Å². The average molecular weight is 381 g/mol. The predicted octanol–water partition coefficient (Wildman–Crippen LogP) is 6.90. The van der Waals surface area contributed by atoms with Crippen molar-refractivity contribution < 1.29 is 8.85 Å². The molecule has 0 aliphatic carbocycles. The van der Waals surface area contributed by atoms with Gasteiger partial charge in [-0.25, -0.2) is 0 Å². The first-order valence-corrected chi connectivity index (χ1v) is 16.8. The molecule has 0 atom stereocenters. The van der Waals surface area contributed by atoms with E-state index in [1.165, 1.54) is 55.2 Å². The molecule has 1 aromatic rings. The molecule has 0 N–H and O–H groups in total. The van der Waals surface area contributed by atoms with Crippen LogP contribution in [0.25, 0.3) is 0 Å². The van der Waals surface area contributed by atoms with Crippen molar-refractivity contribution in [3.63, 3.8) is 0 Å². The van der Waals surface area contributed by atoms with Crippen LogP contribution in [0.5, 0.6) is 0 Å². The van der Waals surface area contributed by atoms with Gasteiger partial charge in [-0.2, -0.15) is 0 Å². The molecule has 0 aliphatic heterocycles. The fourth-order valence-corrected chi connectivity index (χ4v) is 3.85. The van der Waals surface area contributed by atoms with Crippen molar-refractivity contribution in [2.45, 2.75) is 97.9 Å². The Bertz CT molecular complexity index is 502. The second-order valence-corrected chi connectivity index (χ2v) is 18.1. The van der Waals surface area contributed by atoms with Crippen molar-refractivity contribution in [3.05, 3.63) is 34.9 Å². The number of benzene rings is 1. The normalized spacial score (nSPS) is 12.6. The van der Waals surface area contributed by atoms with Gasteiger partial charge in [-0.3, -0.25) is 0 Å². The standard InChI is InChI=1S/C21H40O2Si2/c1-8-9-10-11-12-13-20-15-14-19(17-22-24(2,3)4)16-21(20)18-23-25(5,6)7/h14-16H,8-13,17-18H2,1-7H3. The zero-order valence-corrected chi connectivity index (χ0v) is 19.7. The first-order chi connectivity index (χ1) is 11.6. The SMILES string of the molecule is CCCCCCCc1ccc(CO[Si](C)(C)C)cc1CO[Si](C)(C)C. The minimum Gasteiger partial charge on any atom is -0.413 e. The predicted molar refractivity (Wildman–Crippen MR) is 115 cm³/mol. The number of rotatable bonds is 12. The van der Waals surface area contributed by atoms with Gasteiger partial charge in [0.25, 0.3) is 0 Å². The highest BCUT2D eigenvalue weighted by molar-refractivity contribution is 6.70. The molecule has 25 heavy (non-hydrogen) atoms. The highest BCUT2D eigenvalue weighted by atomic mass is 28.4. The van der Waals surface area contributed by atoms with Crippen LogP contribution < -0.4 is 0 Å². The van der Waals surface area contributed by atoms with Gasteiger partial charge >= 0.3 is 0 Å². The topological polar surface area (TPSA) is 18.5 Å². The Labute approximate surface area is 158 Å². The third-order valence-corrected chi connectivity index (χ3v) is 6.17. The zero-order chi connectivity index (χ0) is 18.9. The molecular weight excluding hydrogens is 340 g/mol. The van der Waals surface area contributed by atoms with E-state index in [1.807, 2.05) is 0 Å². The average Bonchev–Trinajstić information content (AvgIpc) is 2.50. The molecule has 0 saturated carbocycles. The van der Waals surface area contributed by atoms with Gasteiger partial charge in [0.15, 0.2) is 16.6 Å². The van der Waals surface area contributed by atoms with Crippen molar-refractivity contribution in [2.24, 2.45) is 0 Å². The quantitative estimate of drug-likeness (QED) is 0.290. The van der Waals surface area contributed by atoms with Crippen molar-refractivity contribution in [2.75, 3.05) is 0 Å². The van der Waals surface area contributed by atoms with Crippen LogP contribution in [-0.4, -0.2) is 16.6 Å². The molecule has 0 heterocycles. The van der Waals surface area contributed by atoms with Crippen LogP contribution in [0, 0.1) is 0 Å². The maximum Gasteiger partial charge on any atom is 0.184 e. The summed E-state index contributed by atoms with van der Waals surface area (Å²) in [4.78, 5) is 0. The van der Waals surface area contributed by atoms with E-state index >= 15 is 0 Å². The van der Waals surface area contributed by atoms with Crippen LogP contribution in [0.2, 0.25) is 39.3 Å². The molecule has 1 aromatic carbocycles. The van der Waals surface area contributed by atoms with E-state index in [2.05, 4.69) is 64.4 Å². The Hall–Kier alpha value is -0.426. The van der Waals surface area contributed by atoms with Gasteiger partial charge in [0, 0.05) is 0 Å². The molecule has 0 amide bonds. The van der Waals surface area contributed by atoms with Crippen LogP contribution >= 0.6 is 0 Å². The lowest BCUT2D eigenvalue weighted by Gasteiger charge is -2.21. The van der Waals surface area contributed by atoms with Gasteiger partial charge in [0.1, 0.15) is 0 Å². The molecule has 144 valence electrons. The summed E-state index contributed by atoms with van der Waals surface area (Å²) < 4.78 is 12.3. The largest absolute Gasteiger partial charge is 0.413 e. The lowest BCUT2D eigenvalue weighted by Crippen LogP contribution is -2.25. The number of aryl methyl sites for hydroxylation is 1. The van der Waals surface area contributed by atoms with E-state index in [0.717, 1.165) is 13.2 Å². The first kappa shape index (κ1) is 22.6. The van der Waals surface area contributed by atoms with Crippen LogP contribution in [0.1, 0.15) is 55.7 Å². The van der Waals surface area contributed by atoms with E-state index in [-0.39, 0.29) is 0 Å². The van der Waals surface area contributed by atoms with E-state index in [9.17, 15) is 0 Å². The highest BCUT2D eigenvalue weighted by Crippen LogP contribution is 2.20. The maximum atomic E-state index is 6.21. The molecule has 0 unspecified atom stereocenters. The summed E-state index contributed by atoms with van der Waals surface area (Å²) in [5.74, 6) is 0. The molecule has 0 saturated heterocycles. The lowest BCUT2D eigenvalue weighted by molar-refractivity contribution is 0.292. The van der Waals surface area contributed by atoms with Crippen molar-refractivity contribution >= 4 is 16.6 Å². The van der Waals surface area contributed by atoms with E-state index in [0.29, 0.717) is 0 Å². The molecule has 0 radical (unpaired) electrons. The first-order valence-electron chi connectivity index (χ1n) is 9.99. The van der Waals surface area contributed by atoms with Crippen LogP contribution in [0.4, 0.5) is 0 Å². The fraction of sp³-hybridized carbons (Fsp3) is 0.714. The van der Waals surface area contributed by atoms with E-state index in [1.54, 1.807) is 0 Å². The Morgan fingerprint density at radius 1 is 0.720 bits per heavy atom. The third-order valence-electron chi connectivity index (χ3n) is 4.15. The minimum absolute atomic E-state index is 0.729. The van der Waals surface area contributed by atoms with Crippen molar-refractivity contribution in [3.8, 4) is 0 Å². The lowest BCUT2D eigenvalue weighted by atomic mass is 9.99. The smallest absolute Gasteiger partial charge is 0.184 e. The number of hydrogen-bond acceptors (Lipinski definition) is 2. The van der Waals surface area contributed by atoms with Gasteiger partial charge in [-0.05, 0) is 68.8 Å². The molecule has 2 nitrogen and oxygen atoms in total. The van der Waals surface area contributed by atoms with Crippen LogP contribution in [-0.2, 0) is 28.5 Å². The third kappa shape index (κ3) is 11.0. The summed E-state index contributed by atoms with van der Waals surface area (Å²) in [6, 6.07) is 6.88. The summed E-state index contributed by atoms with van der Waals surface area (Å²) in [5.41, 5.74) is 4.12. The Morgan fingerprint density at radius 2 is 1.32 bits per heavy atom. The Morgan fingerprint density at radius 3 is 1.92 bits per heavy atom. The van der Waals surface area contributed by atoms with Gasteiger partial charge < -0.3 is 8.85 Å². The Kier molecular flexibility index (Phi) is 9.64. The number of hydrogen-bond donors (Lipinski definition) is 0. The van der Waals surface area contributed by atoms with E-state index < -0.39 is 16.6 Å². The second kappa shape index (κ2) is 10.7. The minimum atomic E-state index is -1.50. The summed E-state index contributed by atoms with van der Waals surface area (Å²) in [6.45, 7) is 17.3. The van der Waals surface area contributed by atoms with Crippen molar-refractivity contribution in [1.29, 1.82) is 0 Å². The maximum absolute atomic E-state index is 6.21. The Balaban J connectivity index is 2.75. The summed E-state index contributed by atoms with van der Waals surface area (Å²) in [5, 5.41) is 0. The monoisotopic (exact) mass is 380 g/mol. The van der Waals surface area contributed by atoms with Gasteiger partial charge in [0.05, 0.1) is 13.2 Å². The molecule has 0 aromatic heterocycles. The fourth-order valence-electron chi connectivity index (χ4n) is 2.66. The number of unbranched alkanes of at least 4 members (excludes halogenated alkanes) is 4. The van der Waals surface area contributed by atoms with Crippen molar-refractivity contribution in [1.82, 2.24) is 0 Å². The summed E-state index contributed by atoms with van der Waals surface area (Å²) >= 11 is 0. The molecule has 1 rings (SSSR count). The molecular formula is C21H40O2Si2.